The molecule has 54 valence electrons. The molecule has 1 aliphatic carbocycles. The Morgan fingerprint density at radius 2 is 2.44 bits per heavy atom. The van der Waals surface area contributed by atoms with Gasteiger partial charge in [-0.15, -0.1) is 0 Å². The average Bonchev–Trinajstić information content (AvgIpc) is 2.46. The lowest BCUT2D eigenvalue weighted by Gasteiger charge is -2.03. The molecule has 0 radical (unpaired) electrons. The summed E-state index contributed by atoms with van der Waals surface area (Å²) in [5, 5.41) is 9.40. The van der Waals surface area contributed by atoms with Crippen LogP contribution in [0.25, 0.3) is 0 Å². The lowest BCUT2D eigenvalue weighted by Crippen LogP contribution is -2.23. The highest BCUT2D eigenvalue weighted by Crippen LogP contribution is 2.45. The van der Waals surface area contributed by atoms with Crippen LogP contribution in [0.2, 0.25) is 0 Å². The maximum Gasteiger partial charge on any atom is 0.0802 e. The summed E-state index contributed by atoms with van der Waals surface area (Å²) >= 11 is 0. The number of rotatable bonds is 3. The van der Waals surface area contributed by atoms with Crippen LogP contribution in [0, 0.1) is 5.92 Å². The Bertz CT molecular complexity index is 103. The largest absolute Gasteiger partial charge is 0.388 e. The topological polar surface area (TPSA) is 46.2 Å². The standard InChI is InChI=1S/C7H15NO/c1-2-3-6-4-7(6,9)5-8/h6,9H,2-5,8H2,1H3. The van der Waals surface area contributed by atoms with Crippen LogP contribution in [-0.4, -0.2) is 17.3 Å². The van der Waals surface area contributed by atoms with E-state index in [2.05, 4.69) is 6.92 Å². The molecule has 1 aliphatic rings. The Balaban J connectivity index is 2.22. The molecule has 9 heavy (non-hydrogen) atoms. The van der Waals surface area contributed by atoms with Crippen molar-refractivity contribution in [3.8, 4) is 0 Å². The van der Waals surface area contributed by atoms with Gasteiger partial charge in [0, 0.05) is 6.54 Å². The van der Waals surface area contributed by atoms with Gasteiger partial charge < -0.3 is 10.8 Å². The van der Waals surface area contributed by atoms with Crippen LogP contribution in [0.5, 0.6) is 0 Å². The highest BCUT2D eigenvalue weighted by atomic mass is 16.3. The molecule has 0 bridgehead atoms. The van der Waals surface area contributed by atoms with E-state index in [1.165, 1.54) is 0 Å². The molecule has 2 atom stereocenters. The molecule has 0 aromatic rings. The Kier molecular flexibility index (Phi) is 1.78. The van der Waals surface area contributed by atoms with Gasteiger partial charge in [-0.25, -0.2) is 0 Å². The van der Waals surface area contributed by atoms with Crippen LogP contribution in [0.1, 0.15) is 26.2 Å². The second kappa shape index (κ2) is 2.27. The minimum atomic E-state index is -0.462. The van der Waals surface area contributed by atoms with Crippen molar-refractivity contribution in [3.63, 3.8) is 0 Å². The SMILES string of the molecule is CCCC1CC1(O)CN. The van der Waals surface area contributed by atoms with Crippen molar-refractivity contribution in [3.05, 3.63) is 0 Å². The van der Waals surface area contributed by atoms with E-state index in [1.54, 1.807) is 0 Å². The first-order valence-electron chi connectivity index (χ1n) is 3.65. The quantitative estimate of drug-likeness (QED) is 0.582. The van der Waals surface area contributed by atoms with E-state index in [0.717, 1.165) is 19.3 Å². The fraction of sp³-hybridized carbons (Fsp3) is 1.00. The summed E-state index contributed by atoms with van der Waals surface area (Å²) in [6, 6.07) is 0. The van der Waals surface area contributed by atoms with E-state index in [-0.39, 0.29) is 0 Å². The molecule has 2 heteroatoms. The van der Waals surface area contributed by atoms with Gasteiger partial charge in [-0.2, -0.15) is 0 Å². The zero-order valence-corrected chi connectivity index (χ0v) is 5.93. The molecule has 0 aromatic carbocycles. The molecule has 0 aromatic heterocycles. The van der Waals surface area contributed by atoms with E-state index in [9.17, 15) is 5.11 Å². The van der Waals surface area contributed by atoms with Gasteiger partial charge in [-0.3, -0.25) is 0 Å². The van der Waals surface area contributed by atoms with Crippen LogP contribution < -0.4 is 5.73 Å². The molecule has 2 nitrogen and oxygen atoms in total. The molecule has 0 spiro atoms. The monoisotopic (exact) mass is 129 g/mol. The maximum atomic E-state index is 9.40. The summed E-state index contributed by atoms with van der Waals surface area (Å²) in [5.74, 6) is 0.507. The van der Waals surface area contributed by atoms with Crippen molar-refractivity contribution in [2.24, 2.45) is 11.7 Å². The maximum absolute atomic E-state index is 9.40. The van der Waals surface area contributed by atoms with Crippen molar-refractivity contribution < 1.29 is 5.11 Å². The predicted molar refractivity (Wildman–Crippen MR) is 37.0 cm³/mol. The smallest absolute Gasteiger partial charge is 0.0802 e. The van der Waals surface area contributed by atoms with Gasteiger partial charge >= 0.3 is 0 Å². The molecule has 2 unspecified atom stereocenters. The molecule has 1 saturated carbocycles. The normalized spacial score (nSPS) is 41.0. The second-order valence-electron chi connectivity index (χ2n) is 3.00. The van der Waals surface area contributed by atoms with Crippen LogP contribution in [0.4, 0.5) is 0 Å². The van der Waals surface area contributed by atoms with Crippen molar-refractivity contribution in [1.29, 1.82) is 0 Å². The average molecular weight is 129 g/mol. The molecule has 0 saturated heterocycles. The van der Waals surface area contributed by atoms with Crippen molar-refractivity contribution in [2.75, 3.05) is 6.54 Å². The molecule has 1 fully saturated rings. The summed E-state index contributed by atoms with van der Waals surface area (Å²) in [7, 11) is 0. The van der Waals surface area contributed by atoms with Gasteiger partial charge in [0.05, 0.1) is 5.60 Å². The number of aliphatic hydroxyl groups is 1. The van der Waals surface area contributed by atoms with E-state index < -0.39 is 5.60 Å². The van der Waals surface area contributed by atoms with Crippen LogP contribution in [0.15, 0.2) is 0 Å². The van der Waals surface area contributed by atoms with Gasteiger partial charge in [0.15, 0.2) is 0 Å². The minimum absolute atomic E-state index is 0.442. The molecule has 0 amide bonds. The summed E-state index contributed by atoms with van der Waals surface area (Å²) in [4.78, 5) is 0. The third kappa shape index (κ3) is 1.25. The molecule has 1 rings (SSSR count). The fourth-order valence-electron chi connectivity index (χ4n) is 1.34. The van der Waals surface area contributed by atoms with Gasteiger partial charge in [-0.1, -0.05) is 13.3 Å². The summed E-state index contributed by atoms with van der Waals surface area (Å²) in [6.07, 6.45) is 3.22. The predicted octanol–water partition coefficient (Wildman–Crippen LogP) is 0.496. The molecule has 0 heterocycles. The van der Waals surface area contributed by atoms with Gasteiger partial charge in [0.1, 0.15) is 0 Å². The Morgan fingerprint density at radius 3 is 2.78 bits per heavy atom. The van der Waals surface area contributed by atoms with E-state index in [1.807, 2.05) is 0 Å². The highest BCUT2D eigenvalue weighted by molar-refractivity contribution is 5.03. The highest BCUT2D eigenvalue weighted by Gasteiger charge is 2.50. The van der Waals surface area contributed by atoms with E-state index in [4.69, 9.17) is 5.73 Å². The zero-order valence-electron chi connectivity index (χ0n) is 5.93. The zero-order chi connectivity index (χ0) is 6.91. The Morgan fingerprint density at radius 1 is 1.78 bits per heavy atom. The van der Waals surface area contributed by atoms with Crippen molar-refractivity contribution >= 4 is 0 Å². The van der Waals surface area contributed by atoms with E-state index >= 15 is 0 Å². The molecule has 0 aliphatic heterocycles. The Hall–Kier alpha value is -0.0800. The van der Waals surface area contributed by atoms with Crippen molar-refractivity contribution in [1.82, 2.24) is 0 Å². The second-order valence-corrected chi connectivity index (χ2v) is 3.00. The number of hydrogen-bond donors (Lipinski definition) is 2. The van der Waals surface area contributed by atoms with Crippen LogP contribution >= 0.6 is 0 Å². The van der Waals surface area contributed by atoms with Gasteiger partial charge in [0.25, 0.3) is 0 Å². The molecule has 3 N–H and O–H groups in total. The first-order chi connectivity index (χ1) is 4.23. The van der Waals surface area contributed by atoms with Gasteiger partial charge in [0.2, 0.25) is 0 Å². The number of nitrogens with two attached hydrogens (primary N) is 1. The lowest BCUT2D eigenvalue weighted by molar-refractivity contribution is 0.138. The fourth-order valence-corrected chi connectivity index (χ4v) is 1.34. The lowest BCUT2D eigenvalue weighted by atomic mass is 10.2. The summed E-state index contributed by atoms with van der Waals surface area (Å²) < 4.78 is 0. The van der Waals surface area contributed by atoms with E-state index in [0.29, 0.717) is 12.5 Å². The van der Waals surface area contributed by atoms with Gasteiger partial charge in [-0.05, 0) is 18.8 Å². The Labute approximate surface area is 56.1 Å². The molecular weight excluding hydrogens is 114 g/mol. The third-order valence-electron chi connectivity index (χ3n) is 2.19. The number of hydrogen-bond acceptors (Lipinski definition) is 2. The van der Waals surface area contributed by atoms with Crippen LogP contribution in [0.3, 0.4) is 0 Å². The summed E-state index contributed by atoms with van der Waals surface area (Å²) in [5.41, 5.74) is 4.88. The minimum Gasteiger partial charge on any atom is -0.388 e. The third-order valence-corrected chi connectivity index (χ3v) is 2.19. The van der Waals surface area contributed by atoms with Crippen LogP contribution in [-0.2, 0) is 0 Å². The molecular formula is C7H15NO. The first-order valence-corrected chi connectivity index (χ1v) is 3.65. The summed E-state index contributed by atoms with van der Waals surface area (Å²) in [6.45, 7) is 2.58. The van der Waals surface area contributed by atoms with Crippen molar-refractivity contribution in [2.45, 2.75) is 31.8 Å². The first kappa shape index (κ1) is 7.03.